The van der Waals surface area contributed by atoms with Crippen LogP contribution in [-0.2, 0) is 17.7 Å². The molecule has 0 saturated heterocycles. The lowest BCUT2D eigenvalue weighted by Crippen LogP contribution is -2.24. The lowest BCUT2D eigenvalue weighted by atomic mass is 10.1. The van der Waals surface area contributed by atoms with Gasteiger partial charge in [0, 0.05) is 18.4 Å². The third-order valence-corrected chi connectivity index (χ3v) is 6.24. The molecule has 0 unspecified atom stereocenters. The molecule has 1 aromatic heterocycles. The van der Waals surface area contributed by atoms with Gasteiger partial charge in [0.05, 0.1) is 27.7 Å². The number of rotatable bonds is 6. The lowest BCUT2D eigenvalue weighted by Gasteiger charge is -2.19. The van der Waals surface area contributed by atoms with Gasteiger partial charge in [0.25, 0.3) is 0 Å². The fourth-order valence-electron chi connectivity index (χ4n) is 3.66. The Bertz CT molecular complexity index is 1200. The summed E-state index contributed by atoms with van der Waals surface area (Å²) in [6, 6.07) is 7.22. The van der Waals surface area contributed by atoms with Gasteiger partial charge in [-0.05, 0) is 85.4 Å². The van der Waals surface area contributed by atoms with E-state index in [4.69, 9.17) is 4.74 Å². The van der Waals surface area contributed by atoms with E-state index in [1.54, 1.807) is 39.0 Å². The summed E-state index contributed by atoms with van der Waals surface area (Å²) >= 11 is 2.99. The van der Waals surface area contributed by atoms with Crippen molar-refractivity contribution in [2.45, 2.75) is 52.2 Å². The van der Waals surface area contributed by atoms with Crippen molar-refractivity contribution in [3.8, 4) is 0 Å². The molecule has 3 aromatic rings. The van der Waals surface area contributed by atoms with E-state index in [-0.39, 0.29) is 16.5 Å². The van der Waals surface area contributed by atoms with E-state index >= 15 is 0 Å². The summed E-state index contributed by atoms with van der Waals surface area (Å²) < 4.78 is 49.6. The van der Waals surface area contributed by atoms with Gasteiger partial charge in [-0.15, -0.1) is 0 Å². The van der Waals surface area contributed by atoms with E-state index in [0.717, 1.165) is 25.0 Å². The first kappa shape index (κ1) is 22.8. The number of benzene rings is 2. The van der Waals surface area contributed by atoms with Gasteiger partial charge < -0.3 is 9.30 Å². The van der Waals surface area contributed by atoms with Gasteiger partial charge in [-0.3, -0.25) is 4.39 Å². The molecule has 1 fully saturated rings. The fourth-order valence-corrected chi connectivity index (χ4v) is 3.98. The van der Waals surface area contributed by atoms with E-state index in [0.29, 0.717) is 29.0 Å². The Balaban J connectivity index is 1.78. The lowest BCUT2D eigenvalue weighted by molar-refractivity contribution is 0.00696. The Morgan fingerprint density at radius 1 is 1.19 bits per heavy atom. The van der Waals surface area contributed by atoms with Gasteiger partial charge >= 0.3 is 5.97 Å². The van der Waals surface area contributed by atoms with Crippen LogP contribution in [0.2, 0.25) is 0 Å². The summed E-state index contributed by atoms with van der Waals surface area (Å²) in [5.74, 6) is -1.11. The molecule has 0 bridgehead atoms. The minimum atomic E-state index is -0.646. The minimum absolute atomic E-state index is 0.0366. The third kappa shape index (κ3) is 4.70. The Morgan fingerprint density at radius 2 is 1.91 bits per heavy atom. The highest BCUT2D eigenvalue weighted by Crippen LogP contribution is 2.48. The second kappa shape index (κ2) is 8.21. The van der Waals surface area contributed by atoms with Crippen LogP contribution in [0.3, 0.4) is 0 Å². The molecule has 32 heavy (non-hydrogen) atoms. The number of carbonyl (C=O) groups excluding carboxylic acids is 1. The maximum absolute atomic E-state index is 14.5. The van der Waals surface area contributed by atoms with E-state index in [9.17, 15) is 18.0 Å². The summed E-state index contributed by atoms with van der Waals surface area (Å²) in [7, 11) is 0. The Kier molecular flexibility index (Phi) is 5.86. The number of alkyl halides is 1. The molecule has 0 aliphatic heterocycles. The Hall–Kier alpha value is -2.35. The van der Waals surface area contributed by atoms with Crippen molar-refractivity contribution in [2.75, 3.05) is 6.67 Å². The van der Waals surface area contributed by atoms with Crippen molar-refractivity contribution in [2.24, 2.45) is 5.41 Å². The number of fused-ring (bicyclic) bond motifs is 1. The highest BCUT2D eigenvalue weighted by Gasteiger charge is 2.44. The normalized spacial score (nSPS) is 15.2. The predicted octanol–water partition coefficient (Wildman–Crippen LogP) is 6.37. The number of carbonyl (C=O) groups is 1. The summed E-state index contributed by atoms with van der Waals surface area (Å²) in [6.07, 6.45) is 1.53. The number of imidazole rings is 1. The number of aromatic nitrogens is 2. The molecular formula is C24H24BrF3N2O2. The van der Waals surface area contributed by atoms with Crippen LogP contribution in [0.25, 0.3) is 11.0 Å². The van der Waals surface area contributed by atoms with Crippen LogP contribution in [0.4, 0.5) is 13.2 Å². The smallest absolute Gasteiger partial charge is 0.338 e. The third-order valence-electron chi connectivity index (χ3n) is 5.63. The summed E-state index contributed by atoms with van der Waals surface area (Å²) in [4.78, 5) is 17.2. The topological polar surface area (TPSA) is 44.1 Å². The molecule has 0 amide bonds. The molecule has 2 aromatic carbocycles. The molecule has 1 aliphatic carbocycles. The van der Waals surface area contributed by atoms with Crippen LogP contribution in [-0.4, -0.2) is 27.8 Å². The quantitative estimate of drug-likeness (QED) is 0.287. The summed E-state index contributed by atoms with van der Waals surface area (Å²) in [6.45, 7) is 5.24. The number of hydrogen-bond donors (Lipinski definition) is 0. The van der Waals surface area contributed by atoms with E-state index in [1.807, 2.05) is 4.57 Å². The standard InChI is InChI=1S/C24H24BrF3N2O2/c1-23(2,3)32-22(31)14-4-5-19-20(9-14)30(13-24(12-26)6-7-24)21(29-19)10-15-8-18(28)16(25)11-17(15)27/h4-5,8-9,11H,6-7,10,12-13H2,1-3H3. The van der Waals surface area contributed by atoms with Gasteiger partial charge in [-0.25, -0.2) is 18.6 Å². The molecule has 0 spiro atoms. The van der Waals surface area contributed by atoms with Crippen molar-refractivity contribution in [1.29, 1.82) is 0 Å². The Labute approximate surface area is 192 Å². The zero-order valence-electron chi connectivity index (χ0n) is 18.1. The van der Waals surface area contributed by atoms with Crippen molar-refractivity contribution < 1.29 is 22.7 Å². The first-order valence-electron chi connectivity index (χ1n) is 10.4. The molecule has 170 valence electrons. The van der Waals surface area contributed by atoms with Crippen LogP contribution in [0, 0.1) is 17.0 Å². The zero-order valence-corrected chi connectivity index (χ0v) is 19.7. The molecule has 8 heteroatoms. The van der Waals surface area contributed by atoms with Crippen molar-refractivity contribution in [1.82, 2.24) is 9.55 Å². The molecule has 0 radical (unpaired) electrons. The van der Waals surface area contributed by atoms with E-state index in [2.05, 4.69) is 20.9 Å². The van der Waals surface area contributed by atoms with Gasteiger partial charge in [-0.2, -0.15) is 0 Å². The average Bonchev–Trinajstić information content (AvgIpc) is 3.41. The Morgan fingerprint density at radius 3 is 2.53 bits per heavy atom. The van der Waals surface area contributed by atoms with Gasteiger partial charge in [-0.1, -0.05) is 0 Å². The molecule has 1 saturated carbocycles. The molecule has 1 heterocycles. The van der Waals surface area contributed by atoms with Gasteiger partial charge in [0.2, 0.25) is 0 Å². The van der Waals surface area contributed by atoms with E-state index in [1.165, 1.54) is 0 Å². The van der Waals surface area contributed by atoms with Crippen LogP contribution in [0.1, 0.15) is 55.4 Å². The largest absolute Gasteiger partial charge is 0.456 e. The second-order valence-electron chi connectivity index (χ2n) is 9.49. The van der Waals surface area contributed by atoms with Crippen LogP contribution in [0.5, 0.6) is 0 Å². The highest BCUT2D eigenvalue weighted by atomic mass is 79.9. The number of halogens is 4. The summed E-state index contributed by atoms with van der Waals surface area (Å²) in [5.41, 5.74) is 0.618. The second-order valence-corrected chi connectivity index (χ2v) is 10.3. The van der Waals surface area contributed by atoms with E-state index < -0.39 is 35.3 Å². The maximum atomic E-state index is 14.5. The van der Waals surface area contributed by atoms with Crippen molar-refractivity contribution in [3.63, 3.8) is 0 Å². The van der Waals surface area contributed by atoms with Crippen molar-refractivity contribution in [3.05, 3.63) is 63.4 Å². The van der Waals surface area contributed by atoms with Crippen LogP contribution >= 0.6 is 15.9 Å². The number of hydrogen-bond acceptors (Lipinski definition) is 3. The first-order chi connectivity index (χ1) is 15.0. The molecule has 0 atom stereocenters. The molecule has 0 N–H and O–H groups in total. The molecule has 1 aliphatic rings. The zero-order chi connectivity index (χ0) is 23.3. The number of ether oxygens (including phenoxy) is 1. The number of nitrogens with zero attached hydrogens (tertiary/aromatic N) is 2. The van der Waals surface area contributed by atoms with Crippen LogP contribution in [0.15, 0.2) is 34.8 Å². The first-order valence-corrected chi connectivity index (χ1v) is 11.2. The fraction of sp³-hybridized carbons (Fsp3) is 0.417. The SMILES string of the molecule is CC(C)(C)OC(=O)c1ccc2nc(Cc3cc(F)c(Br)cc3F)n(CC3(CF)CC3)c2c1. The summed E-state index contributed by atoms with van der Waals surface area (Å²) in [5, 5.41) is 0. The molecule has 4 nitrogen and oxygen atoms in total. The molecule has 4 rings (SSSR count). The van der Waals surface area contributed by atoms with Gasteiger partial charge in [0.1, 0.15) is 23.1 Å². The molecular weight excluding hydrogens is 485 g/mol. The van der Waals surface area contributed by atoms with Crippen molar-refractivity contribution >= 4 is 32.9 Å². The van der Waals surface area contributed by atoms with Crippen LogP contribution < -0.4 is 0 Å². The number of esters is 1. The predicted molar refractivity (Wildman–Crippen MR) is 119 cm³/mol. The highest BCUT2D eigenvalue weighted by molar-refractivity contribution is 9.10. The maximum Gasteiger partial charge on any atom is 0.338 e. The monoisotopic (exact) mass is 508 g/mol. The average molecular weight is 509 g/mol. The van der Waals surface area contributed by atoms with Gasteiger partial charge in [0.15, 0.2) is 0 Å². The minimum Gasteiger partial charge on any atom is -0.456 e.